The van der Waals surface area contributed by atoms with Crippen molar-refractivity contribution in [2.45, 2.75) is 33.3 Å². The van der Waals surface area contributed by atoms with Gasteiger partial charge in [-0.3, -0.25) is 4.98 Å². The fourth-order valence-electron chi connectivity index (χ4n) is 2.11. The molecule has 0 bridgehead atoms. The molecule has 0 aliphatic carbocycles. The average Bonchev–Trinajstić information content (AvgIpc) is 2.27. The molecular weight excluding hydrogens is 218 g/mol. The van der Waals surface area contributed by atoms with Gasteiger partial charge in [-0.25, -0.2) is 4.79 Å². The van der Waals surface area contributed by atoms with Gasteiger partial charge < -0.3 is 9.84 Å². The van der Waals surface area contributed by atoms with E-state index in [2.05, 4.69) is 18.8 Å². The van der Waals surface area contributed by atoms with E-state index >= 15 is 0 Å². The van der Waals surface area contributed by atoms with Crippen molar-refractivity contribution in [2.75, 3.05) is 6.61 Å². The highest BCUT2D eigenvalue weighted by molar-refractivity contribution is 5.89. The second-order valence-electron chi connectivity index (χ2n) is 4.79. The van der Waals surface area contributed by atoms with E-state index < -0.39 is 5.97 Å². The third-order valence-electron chi connectivity index (χ3n) is 2.84. The summed E-state index contributed by atoms with van der Waals surface area (Å²) in [6.45, 7) is 5.20. The molecule has 0 radical (unpaired) electrons. The molecule has 2 rings (SSSR count). The van der Waals surface area contributed by atoms with Crippen LogP contribution in [0, 0.1) is 5.92 Å². The maximum absolute atomic E-state index is 11.2. The first-order valence-corrected chi connectivity index (χ1v) is 5.90. The summed E-state index contributed by atoms with van der Waals surface area (Å²) in [4.78, 5) is 15.8. The topological polar surface area (TPSA) is 59.4 Å². The summed E-state index contributed by atoms with van der Waals surface area (Å²) >= 11 is 0. The Balaban J connectivity index is 2.44. The van der Waals surface area contributed by atoms with Crippen molar-refractivity contribution in [3.05, 3.63) is 28.6 Å². The molecule has 4 heteroatoms. The number of pyridine rings is 1. The largest absolute Gasteiger partial charge is 0.478 e. The summed E-state index contributed by atoms with van der Waals surface area (Å²) in [7, 11) is 0. The van der Waals surface area contributed by atoms with E-state index in [-0.39, 0.29) is 0 Å². The molecule has 1 aromatic rings. The normalized spacial score (nSPS) is 14.8. The number of aromatic carboxylic acids is 1. The van der Waals surface area contributed by atoms with Gasteiger partial charge in [-0.05, 0) is 18.4 Å². The standard InChI is InChI=1S/C13H17NO3/c1-8(2)5-9-6-10(13(15)16)11-7-17-4-3-12(11)14-9/h6,8H,3-5,7H2,1-2H3,(H,15,16). The van der Waals surface area contributed by atoms with Gasteiger partial charge in [0.05, 0.1) is 18.8 Å². The van der Waals surface area contributed by atoms with Crippen LogP contribution in [0.3, 0.4) is 0 Å². The van der Waals surface area contributed by atoms with Crippen LogP contribution in [0.1, 0.15) is 41.2 Å². The number of carboxylic acid groups (broad SMARTS) is 1. The van der Waals surface area contributed by atoms with Gasteiger partial charge in [-0.1, -0.05) is 13.8 Å². The Morgan fingerprint density at radius 3 is 3.00 bits per heavy atom. The third kappa shape index (κ3) is 2.64. The predicted octanol–water partition coefficient (Wildman–Crippen LogP) is 2.05. The number of fused-ring (bicyclic) bond motifs is 1. The lowest BCUT2D eigenvalue weighted by molar-refractivity contribution is 0.0680. The highest BCUT2D eigenvalue weighted by atomic mass is 16.5. The maximum Gasteiger partial charge on any atom is 0.336 e. The highest BCUT2D eigenvalue weighted by Crippen LogP contribution is 2.21. The van der Waals surface area contributed by atoms with Crippen LogP contribution >= 0.6 is 0 Å². The van der Waals surface area contributed by atoms with Crippen molar-refractivity contribution in [1.82, 2.24) is 4.98 Å². The van der Waals surface area contributed by atoms with Gasteiger partial charge in [0.2, 0.25) is 0 Å². The molecule has 4 nitrogen and oxygen atoms in total. The lowest BCUT2D eigenvalue weighted by atomic mass is 9.99. The molecule has 1 N–H and O–H groups in total. The van der Waals surface area contributed by atoms with Crippen LogP contribution in [0.25, 0.3) is 0 Å². The number of rotatable bonds is 3. The molecule has 2 heterocycles. The van der Waals surface area contributed by atoms with E-state index in [0.717, 1.165) is 23.4 Å². The smallest absolute Gasteiger partial charge is 0.336 e. The van der Waals surface area contributed by atoms with Crippen molar-refractivity contribution in [2.24, 2.45) is 5.92 Å². The van der Waals surface area contributed by atoms with Crippen molar-refractivity contribution in [3.63, 3.8) is 0 Å². The first-order chi connectivity index (χ1) is 8.08. The van der Waals surface area contributed by atoms with E-state index in [0.29, 0.717) is 31.1 Å². The molecule has 0 fully saturated rings. The number of hydrogen-bond acceptors (Lipinski definition) is 3. The SMILES string of the molecule is CC(C)Cc1cc(C(=O)O)c2c(n1)CCOC2. The number of hydrogen-bond donors (Lipinski definition) is 1. The average molecular weight is 235 g/mol. The van der Waals surface area contributed by atoms with Crippen LogP contribution in [0.2, 0.25) is 0 Å². The van der Waals surface area contributed by atoms with E-state index in [1.54, 1.807) is 6.07 Å². The molecule has 0 aromatic carbocycles. The Morgan fingerprint density at radius 1 is 1.59 bits per heavy atom. The molecular formula is C13H17NO3. The van der Waals surface area contributed by atoms with E-state index in [4.69, 9.17) is 4.74 Å². The van der Waals surface area contributed by atoms with Gasteiger partial charge >= 0.3 is 5.97 Å². The van der Waals surface area contributed by atoms with Crippen molar-refractivity contribution in [3.8, 4) is 0 Å². The van der Waals surface area contributed by atoms with Gasteiger partial charge in [-0.15, -0.1) is 0 Å². The van der Waals surface area contributed by atoms with E-state index in [1.807, 2.05) is 0 Å². The first kappa shape index (κ1) is 12.0. The Bertz CT molecular complexity index is 441. The van der Waals surface area contributed by atoms with Gasteiger partial charge in [0.25, 0.3) is 0 Å². The summed E-state index contributed by atoms with van der Waals surface area (Å²) in [5.41, 5.74) is 2.87. The van der Waals surface area contributed by atoms with Crippen LogP contribution in [-0.4, -0.2) is 22.7 Å². The Hall–Kier alpha value is -1.42. The lowest BCUT2D eigenvalue weighted by Gasteiger charge is -2.19. The molecule has 0 saturated heterocycles. The Morgan fingerprint density at radius 2 is 2.35 bits per heavy atom. The molecule has 0 spiro atoms. The number of nitrogens with zero attached hydrogens (tertiary/aromatic N) is 1. The Labute approximate surface area is 101 Å². The summed E-state index contributed by atoms with van der Waals surface area (Å²) in [5.74, 6) is -0.416. The number of carbonyl (C=O) groups is 1. The molecule has 0 atom stereocenters. The minimum atomic E-state index is -0.890. The summed E-state index contributed by atoms with van der Waals surface area (Å²) < 4.78 is 5.30. The van der Waals surface area contributed by atoms with Crippen molar-refractivity contribution >= 4 is 5.97 Å². The van der Waals surface area contributed by atoms with Gasteiger partial charge in [-0.2, -0.15) is 0 Å². The second-order valence-corrected chi connectivity index (χ2v) is 4.79. The van der Waals surface area contributed by atoms with Crippen LogP contribution in [0.5, 0.6) is 0 Å². The number of carboxylic acids is 1. The molecule has 1 aliphatic rings. The van der Waals surface area contributed by atoms with Crippen LogP contribution in [-0.2, 0) is 24.2 Å². The van der Waals surface area contributed by atoms with Crippen LogP contribution in [0.4, 0.5) is 0 Å². The van der Waals surface area contributed by atoms with E-state index in [9.17, 15) is 9.90 Å². The fraction of sp³-hybridized carbons (Fsp3) is 0.538. The zero-order valence-corrected chi connectivity index (χ0v) is 10.2. The number of aromatic nitrogens is 1. The van der Waals surface area contributed by atoms with Gasteiger partial charge in [0, 0.05) is 23.4 Å². The highest BCUT2D eigenvalue weighted by Gasteiger charge is 2.20. The molecule has 1 aromatic heterocycles. The van der Waals surface area contributed by atoms with Crippen LogP contribution in [0.15, 0.2) is 6.07 Å². The molecule has 0 amide bonds. The Kier molecular flexibility index (Phi) is 3.43. The van der Waals surface area contributed by atoms with Crippen molar-refractivity contribution in [1.29, 1.82) is 0 Å². The first-order valence-electron chi connectivity index (χ1n) is 5.90. The fourth-order valence-corrected chi connectivity index (χ4v) is 2.11. The zero-order chi connectivity index (χ0) is 12.4. The number of ether oxygens (including phenoxy) is 1. The third-order valence-corrected chi connectivity index (χ3v) is 2.84. The van der Waals surface area contributed by atoms with E-state index in [1.165, 1.54) is 0 Å². The summed E-state index contributed by atoms with van der Waals surface area (Å²) in [5, 5.41) is 9.22. The van der Waals surface area contributed by atoms with Crippen LogP contribution < -0.4 is 0 Å². The quantitative estimate of drug-likeness (QED) is 0.871. The van der Waals surface area contributed by atoms with Gasteiger partial charge in [0.15, 0.2) is 0 Å². The molecule has 0 unspecified atom stereocenters. The second kappa shape index (κ2) is 4.84. The lowest BCUT2D eigenvalue weighted by Crippen LogP contribution is -2.18. The van der Waals surface area contributed by atoms with Gasteiger partial charge in [0.1, 0.15) is 0 Å². The summed E-state index contributed by atoms with van der Waals surface area (Å²) in [6, 6.07) is 1.69. The monoisotopic (exact) mass is 235 g/mol. The zero-order valence-electron chi connectivity index (χ0n) is 10.2. The minimum absolute atomic E-state index is 0.352. The molecule has 17 heavy (non-hydrogen) atoms. The predicted molar refractivity (Wildman–Crippen MR) is 63.1 cm³/mol. The molecule has 0 saturated carbocycles. The maximum atomic E-state index is 11.2. The molecule has 92 valence electrons. The molecule has 1 aliphatic heterocycles. The van der Waals surface area contributed by atoms with Crippen molar-refractivity contribution < 1.29 is 14.6 Å². The minimum Gasteiger partial charge on any atom is -0.478 e. The summed E-state index contributed by atoms with van der Waals surface area (Å²) in [6.07, 6.45) is 1.52.